The quantitative estimate of drug-likeness (QED) is 0.625. The van der Waals surface area contributed by atoms with E-state index in [4.69, 9.17) is 0 Å². The van der Waals surface area contributed by atoms with Gasteiger partial charge in [0.25, 0.3) is 0 Å². The number of aliphatic imine (C=N–C) groups is 1. The van der Waals surface area contributed by atoms with Crippen LogP contribution in [0.25, 0.3) is 11.0 Å². The molecule has 0 saturated heterocycles. The standard InChI is InChI=1S/C19H23FN6O/c1-2-7-22-18(27)19(5-3-6-19)26-15-4-8-21-17(25-15)14-11-24-16-13(14)9-12(20)10-23-16/h4,8-11,15,26H,2-3,5-7H2,1H3,(H,21,25)(H,22,27)(H,23,24). The zero-order chi connectivity index (χ0) is 18.9. The molecule has 7 nitrogen and oxygen atoms in total. The van der Waals surface area contributed by atoms with Crippen LogP contribution in [0.4, 0.5) is 4.39 Å². The highest BCUT2D eigenvalue weighted by Gasteiger charge is 2.45. The molecule has 0 radical (unpaired) electrons. The minimum absolute atomic E-state index is 0.0493. The van der Waals surface area contributed by atoms with Gasteiger partial charge in [0, 0.05) is 29.9 Å². The largest absolute Gasteiger partial charge is 0.355 e. The fourth-order valence-corrected chi connectivity index (χ4v) is 3.51. The van der Waals surface area contributed by atoms with Crippen LogP contribution in [0.5, 0.6) is 0 Å². The van der Waals surface area contributed by atoms with Crippen LogP contribution < -0.4 is 16.0 Å². The summed E-state index contributed by atoms with van der Waals surface area (Å²) in [5.41, 5.74) is 0.795. The molecule has 2 aromatic rings. The average molecular weight is 370 g/mol. The van der Waals surface area contributed by atoms with Crippen LogP contribution in [0.15, 0.2) is 35.7 Å². The number of halogens is 1. The Hall–Kier alpha value is -2.74. The molecule has 1 fully saturated rings. The van der Waals surface area contributed by atoms with Crippen LogP contribution in [0, 0.1) is 5.82 Å². The molecule has 1 atom stereocenters. The van der Waals surface area contributed by atoms with Crippen molar-refractivity contribution in [3.63, 3.8) is 0 Å². The summed E-state index contributed by atoms with van der Waals surface area (Å²) < 4.78 is 13.6. The molecule has 0 aromatic carbocycles. The van der Waals surface area contributed by atoms with Gasteiger partial charge in [0.1, 0.15) is 17.3 Å². The second-order valence-corrected chi connectivity index (χ2v) is 7.03. The van der Waals surface area contributed by atoms with E-state index in [9.17, 15) is 9.18 Å². The molecule has 1 aliphatic carbocycles. The van der Waals surface area contributed by atoms with E-state index in [1.807, 2.05) is 13.0 Å². The van der Waals surface area contributed by atoms with E-state index < -0.39 is 11.4 Å². The van der Waals surface area contributed by atoms with E-state index >= 15 is 0 Å². The van der Waals surface area contributed by atoms with Crippen molar-refractivity contribution in [2.45, 2.75) is 44.3 Å². The normalized spacial score (nSPS) is 20.7. The first-order chi connectivity index (χ1) is 13.1. The molecule has 142 valence electrons. The van der Waals surface area contributed by atoms with Crippen molar-refractivity contribution in [3.05, 3.63) is 42.1 Å². The molecule has 8 heteroatoms. The van der Waals surface area contributed by atoms with E-state index in [1.165, 1.54) is 12.3 Å². The molecule has 1 saturated carbocycles. The number of carbonyl (C=O) groups excluding carboxylic acids is 1. The number of nitrogens with one attached hydrogen (secondary N) is 4. The zero-order valence-electron chi connectivity index (χ0n) is 15.2. The molecule has 1 amide bonds. The van der Waals surface area contributed by atoms with Gasteiger partial charge in [-0.05, 0) is 37.8 Å². The number of pyridine rings is 1. The Kier molecular flexibility index (Phi) is 4.65. The van der Waals surface area contributed by atoms with Crippen LogP contribution in [0.1, 0.15) is 38.2 Å². The lowest BCUT2D eigenvalue weighted by molar-refractivity contribution is -0.131. The molecule has 0 spiro atoms. The topological polar surface area (TPSA) is 94.2 Å². The molecule has 2 aromatic heterocycles. The lowest BCUT2D eigenvalue weighted by atomic mass is 9.75. The van der Waals surface area contributed by atoms with Gasteiger partial charge in [0.15, 0.2) is 0 Å². The maximum atomic E-state index is 13.6. The van der Waals surface area contributed by atoms with Gasteiger partial charge >= 0.3 is 0 Å². The molecule has 27 heavy (non-hydrogen) atoms. The summed E-state index contributed by atoms with van der Waals surface area (Å²) in [6.45, 7) is 2.71. The molecular weight excluding hydrogens is 347 g/mol. The van der Waals surface area contributed by atoms with Gasteiger partial charge in [0.05, 0.1) is 17.9 Å². The monoisotopic (exact) mass is 370 g/mol. The lowest BCUT2D eigenvalue weighted by Crippen LogP contribution is -2.66. The van der Waals surface area contributed by atoms with Gasteiger partial charge in [-0.3, -0.25) is 10.1 Å². The highest BCUT2D eigenvalue weighted by Crippen LogP contribution is 2.32. The predicted molar refractivity (Wildman–Crippen MR) is 102 cm³/mol. The van der Waals surface area contributed by atoms with Crippen molar-refractivity contribution in [3.8, 4) is 0 Å². The van der Waals surface area contributed by atoms with Gasteiger partial charge in [-0.15, -0.1) is 0 Å². The van der Waals surface area contributed by atoms with Gasteiger partial charge in [-0.25, -0.2) is 14.4 Å². The number of carbonyl (C=O) groups is 1. The summed E-state index contributed by atoms with van der Waals surface area (Å²) in [6.07, 6.45) is 9.83. The third-order valence-corrected chi connectivity index (χ3v) is 5.14. The van der Waals surface area contributed by atoms with Crippen molar-refractivity contribution >= 4 is 22.8 Å². The van der Waals surface area contributed by atoms with Crippen molar-refractivity contribution < 1.29 is 9.18 Å². The maximum Gasteiger partial charge on any atom is 0.240 e. The molecule has 1 unspecified atom stereocenters. The van der Waals surface area contributed by atoms with Crippen LogP contribution in [-0.4, -0.2) is 40.0 Å². The first-order valence-electron chi connectivity index (χ1n) is 9.31. The molecule has 0 bridgehead atoms. The number of aromatic nitrogens is 2. The van der Waals surface area contributed by atoms with E-state index in [0.29, 0.717) is 23.4 Å². The number of amidine groups is 1. The molecule has 4 N–H and O–H groups in total. The zero-order valence-corrected chi connectivity index (χ0v) is 15.2. The number of hydrogen-bond donors (Lipinski definition) is 4. The Bertz CT molecular complexity index is 914. The fraction of sp³-hybridized carbons (Fsp3) is 0.421. The Morgan fingerprint density at radius 3 is 3.04 bits per heavy atom. The smallest absolute Gasteiger partial charge is 0.240 e. The van der Waals surface area contributed by atoms with Gasteiger partial charge in [0.2, 0.25) is 5.91 Å². The first kappa shape index (κ1) is 17.7. The van der Waals surface area contributed by atoms with Crippen molar-refractivity contribution in [1.82, 2.24) is 25.9 Å². The Morgan fingerprint density at radius 1 is 1.44 bits per heavy atom. The third kappa shape index (κ3) is 3.32. The minimum Gasteiger partial charge on any atom is -0.355 e. The summed E-state index contributed by atoms with van der Waals surface area (Å²) in [7, 11) is 0. The van der Waals surface area contributed by atoms with Crippen molar-refractivity contribution in [2.75, 3.05) is 6.54 Å². The molecular formula is C19H23FN6O. The van der Waals surface area contributed by atoms with Crippen LogP contribution in [0.2, 0.25) is 0 Å². The second kappa shape index (κ2) is 7.11. The molecule has 1 aliphatic heterocycles. The average Bonchev–Trinajstić information content (AvgIpc) is 3.06. The highest BCUT2D eigenvalue weighted by molar-refractivity contribution is 6.09. The second-order valence-electron chi connectivity index (χ2n) is 7.03. The minimum atomic E-state index is -0.548. The third-order valence-electron chi connectivity index (χ3n) is 5.14. The number of aromatic amines is 1. The predicted octanol–water partition coefficient (Wildman–Crippen LogP) is 1.93. The number of nitrogens with zero attached hydrogens (tertiary/aromatic N) is 2. The summed E-state index contributed by atoms with van der Waals surface area (Å²) in [4.78, 5) is 24.1. The molecule has 2 aliphatic rings. The summed E-state index contributed by atoms with van der Waals surface area (Å²) in [5.74, 6) is 0.260. The van der Waals surface area contributed by atoms with Crippen LogP contribution >= 0.6 is 0 Å². The summed E-state index contributed by atoms with van der Waals surface area (Å²) in [5, 5.41) is 10.4. The lowest BCUT2D eigenvalue weighted by Gasteiger charge is -2.43. The van der Waals surface area contributed by atoms with Gasteiger partial charge in [-0.2, -0.15) is 0 Å². The van der Waals surface area contributed by atoms with Gasteiger partial charge in [-0.1, -0.05) is 6.92 Å². The summed E-state index contributed by atoms with van der Waals surface area (Å²) >= 11 is 0. The van der Waals surface area contributed by atoms with Crippen LogP contribution in [-0.2, 0) is 4.79 Å². The number of hydrogen-bond acceptors (Lipinski definition) is 5. The maximum absolute atomic E-state index is 13.6. The first-order valence-corrected chi connectivity index (χ1v) is 9.31. The fourth-order valence-electron chi connectivity index (χ4n) is 3.51. The van der Waals surface area contributed by atoms with Gasteiger partial charge < -0.3 is 15.6 Å². The van der Waals surface area contributed by atoms with E-state index in [1.54, 1.807) is 12.4 Å². The molecule has 4 rings (SSSR count). The van der Waals surface area contributed by atoms with E-state index in [0.717, 1.165) is 31.2 Å². The van der Waals surface area contributed by atoms with Crippen molar-refractivity contribution in [1.29, 1.82) is 0 Å². The SMILES string of the molecule is CCCNC(=O)C1(NC2C=CN=C(c3c[nH]c4ncc(F)cc34)N2)CCC1. The van der Waals surface area contributed by atoms with E-state index in [2.05, 4.69) is 30.9 Å². The Morgan fingerprint density at radius 2 is 2.30 bits per heavy atom. The Balaban J connectivity index is 1.51. The number of H-pyrrole nitrogens is 1. The number of fused-ring (bicyclic) bond motifs is 1. The Labute approximate surface area is 156 Å². The summed E-state index contributed by atoms with van der Waals surface area (Å²) in [6, 6.07) is 1.44. The van der Waals surface area contributed by atoms with Crippen molar-refractivity contribution in [2.24, 2.45) is 4.99 Å². The number of amides is 1. The van der Waals surface area contributed by atoms with E-state index in [-0.39, 0.29) is 12.1 Å². The highest BCUT2D eigenvalue weighted by atomic mass is 19.1. The molecule has 3 heterocycles. The van der Waals surface area contributed by atoms with Crippen LogP contribution in [0.3, 0.4) is 0 Å². The number of rotatable bonds is 6.